The Bertz CT molecular complexity index is 970. The number of aryl methyl sites for hydroxylation is 1. The van der Waals surface area contributed by atoms with E-state index in [1.54, 1.807) is 17.0 Å². The highest BCUT2D eigenvalue weighted by molar-refractivity contribution is 7.89. The molecule has 0 bridgehead atoms. The van der Waals surface area contributed by atoms with Gasteiger partial charge in [0.2, 0.25) is 10.0 Å². The summed E-state index contributed by atoms with van der Waals surface area (Å²) >= 11 is 0. The van der Waals surface area contributed by atoms with Crippen LogP contribution in [0.3, 0.4) is 0 Å². The van der Waals surface area contributed by atoms with E-state index < -0.39 is 26.6 Å². The summed E-state index contributed by atoms with van der Waals surface area (Å²) < 4.78 is 53.4. The molecule has 0 aromatic heterocycles. The van der Waals surface area contributed by atoms with Crippen LogP contribution in [-0.4, -0.2) is 49.7 Å². The number of nitrogens with zero attached hydrogens (tertiary/aromatic N) is 2. The van der Waals surface area contributed by atoms with Crippen molar-refractivity contribution in [1.29, 1.82) is 0 Å². The van der Waals surface area contributed by atoms with Crippen LogP contribution in [0.4, 0.5) is 8.78 Å². The molecule has 8 heteroatoms. The Morgan fingerprint density at radius 3 is 2.24 bits per heavy atom. The lowest BCUT2D eigenvalue weighted by Crippen LogP contribution is -2.50. The van der Waals surface area contributed by atoms with Crippen molar-refractivity contribution in [2.24, 2.45) is 0 Å². The highest BCUT2D eigenvalue weighted by Crippen LogP contribution is 2.22. The van der Waals surface area contributed by atoms with Crippen molar-refractivity contribution >= 4 is 15.9 Å². The molecule has 0 unspecified atom stereocenters. The molecular formula is C21H24F2N2O3S. The molecule has 0 spiro atoms. The molecule has 1 aliphatic rings. The zero-order chi connectivity index (χ0) is 21.0. The molecule has 1 amide bonds. The zero-order valence-corrected chi connectivity index (χ0v) is 17.1. The summed E-state index contributed by atoms with van der Waals surface area (Å²) in [5.74, 6) is -2.11. The van der Waals surface area contributed by atoms with Gasteiger partial charge in [-0.2, -0.15) is 4.31 Å². The van der Waals surface area contributed by atoms with Crippen LogP contribution >= 0.6 is 0 Å². The Morgan fingerprint density at radius 2 is 1.66 bits per heavy atom. The molecule has 29 heavy (non-hydrogen) atoms. The fraction of sp³-hybridized carbons (Fsp3) is 0.381. The van der Waals surface area contributed by atoms with Gasteiger partial charge < -0.3 is 4.90 Å². The van der Waals surface area contributed by atoms with Gasteiger partial charge in [-0.1, -0.05) is 25.5 Å². The second-order valence-electron chi connectivity index (χ2n) is 7.07. The second kappa shape index (κ2) is 9.00. The Morgan fingerprint density at radius 1 is 1.00 bits per heavy atom. The van der Waals surface area contributed by atoms with Gasteiger partial charge in [0.15, 0.2) is 0 Å². The van der Waals surface area contributed by atoms with Crippen LogP contribution in [0.1, 0.15) is 35.7 Å². The van der Waals surface area contributed by atoms with Crippen LogP contribution in [0.5, 0.6) is 0 Å². The Hall–Kier alpha value is -2.32. The van der Waals surface area contributed by atoms with E-state index in [-0.39, 0.29) is 32.1 Å². The van der Waals surface area contributed by atoms with Crippen molar-refractivity contribution in [2.45, 2.75) is 31.1 Å². The van der Waals surface area contributed by atoms with Crippen molar-refractivity contribution < 1.29 is 22.0 Å². The number of hydrogen-bond donors (Lipinski definition) is 0. The average Bonchev–Trinajstić information content (AvgIpc) is 2.72. The third-order valence-electron chi connectivity index (χ3n) is 5.06. The monoisotopic (exact) mass is 422 g/mol. The fourth-order valence-electron chi connectivity index (χ4n) is 3.33. The molecular weight excluding hydrogens is 398 g/mol. The molecule has 1 fully saturated rings. The van der Waals surface area contributed by atoms with Gasteiger partial charge in [0.05, 0.1) is 0 Å². The minimum atomic E-state index is -4.08. The first-order valence-electron chi connectivity index (χ1n) is 9.66. The first kappa shape index (κ1) is 21.4. The molecule has 0 aliphatic carbocycles. The average molecular weight is 422 g/mol. The maximum atomic E-state index is 13.9. The summed E-state index contributed by atoms with van der Waals surface area (Å²) in [6.07, 6.45) is 3.18. The number of halogens is 2. The molecule has 2 aromatic carbocycles. The third kappa shape index (κ3) is 4.82. The SMILES string of the molecule is CCCCc1ccc(C(=O)N2CCN(S(=O)(=O)c3ccc(F)cc3F)CC2)cc1. The number of piperazine rings is 1. The molecule has 0 atom stereocenters. The number of carbonyl (C=O) groups is 1. The largest absolute Gasteiger partial charge is 0.336 e. The van der Waals surface area contributed by atoms with E-state index in [2.05, 4.69) is 6.92 Å². The standard InChI is InChI=1S/C21H24F2N2O3S/c1-2-3-4-16-5-7-17(8-6-16)21(26)24-11-13-25(14-12-24)29(27,28)20-10-9-18(22)15-19(20)23/h5-10,15H,2-4,11-14H2,1H3. The summed E-state index contributed by atoms with van der Waals surface area (Å²) in [5, 5.41) is 0. The van der Waals surface area contributed by atoms with Crippen molar-refractivity contribution in [3.8, 4) is 0 Å². The lowest BCUT2D eigenvalue weighted by atomic mass is 10.1. The predicted octanol–water partition coefficient (Wildman–Crippen LogP) is 3.45. The van der Waals surface area contributed by atoms with Gasteiger partial charge in [0.1, 0.15) is 16.5 Å². The smallest absolute Gasteiger partial charge is 0.253 e. The molecule has 1 saturated heterocycles. The van der Waals surface area contributed by atoms with Crippen molar-refractivity contribution in [3.63, 3.8) is 0 Å². The summed E-state index contributed by atoms with van der Waals surface area (Å²) in [5.41, 5.74) is 1.74. The van der Waals surface area contributed by atoms with Gasteiger partial charge in [-0.15, -0.1) is 0 Å². The number of amides is 1. The van der Waals surface area contributed by atoms with Crippen LogP contribution in [0.25, 0.3) is 0 Å². The number of rotatable bonds is 6. The van der Waals surface area contributed by atoms with Crippen LogP contribution in [-0.2, 0) is 16.4 Å². The van der Waals surface area contributed by atoms with E-state index in [0.717, 1.165) is 35.7 Å². The normalized spacial score (nSPS) is 15.5. The number of unbranched alkanes of at least 4 members (excludes halogenated alkanes) is 1. The molecule has 1 heterocycles. The molecule has 0 N–H and O–H groups in total. The van der Waals surface area contributed by atoms with Gasteiger partial charge in [-0.3, -0.25) is 4.79 Å². The highest BCUT2D eigenvalue weighted by atomic mass is 32.2. The lowest BCUT2D eigenvalue weighted by molar-refractivity contribution is 0.0697. The summed E-state index contributed by atoms with van der Waals surface area (Å²) in [7, 11) is -4.08. The Kier molecular flexibility index (Phi) is 6.64. The quantitative estimate of drug-likeness (QED) is 0.717. The molecule has 2 aromatic rings. The molecule has 0 saturated carbocycles. The third-order valence-corrected chi connectivity index (χ3v) is 6.99. The van der Waals surface area contributed by atoms with Gasteiger partial charge in [0, 0.05) is 37.8 Å². The van der Waals surface area contributed by atoms with Crippen molar-refractivity contribution in [1.82, 2.24) is 9.21 Å². The van der Waals surface area contributed by atoms with Gasteiger partial charge in [-0.05, 0) is 42.7 Å². The van der Waals surface area contributed by atoms with Gasteiger partial charge in [-0.25, -0.2) is 17.2 Å². The molecule has 1 aliphatic heterocycles. The summed E-state index contributed by atoms with van der Waals surface area (Å²) in [4.78, 5) is 13.7. The van der Waals surface area contributed by atoms with Crippen LogP contribution in [0.15, 0.2) is 47.4 Å². The van der Waals surface area contributed by atoms with Crippen molar-refractivity contribution in [3.05, 3.63) is 65.2 Å². The second-order valence-corrected chi connectivity index (χ2v) is 8.98. The van der Waals surface area contributed by atoms with Crippen molar-refractivity contribution in [2.75, 3.05) is 26.2 Å². The highest BCUT2D eigenvalue weighted by Gasteiger charge is 2.32. The molecule has 5 nitrogen and oxygen atoms in total. The van der Waals surface area contributed by atoms with E-state index in [9.17, 15) is 22.0 Å². The maximum Gasteiger partial charge on any atom is 0.253 e. The summed E-state index contributed by atoms with van der Waals surface area (Å²) in [6.45, 7) is 2.65. The predicted molar refractivity (Wildman–Crippen MR) is 106 cm³/mol. The topological polar surface area (TPSA) is 57.7 Å². The molecule has 3 rings (SSSR count). The minimum absolute atomic E-state index is 0.0550. The number of sulfonamides is 1. The molecule has 156 valence electrons. The van der Waals surface area contributed by atoms with E-state index in [1.165, 1.54) is 5.56 Å². The van der Waals surface area contributed by atoms with Gasteiger partial charge in [0.25, 0.3) is 5.91 Å². The zero-order valence-electron chi connectivity index (χ0n) is 16.3. The van der Waals surface area contributed by atoms with Crippen LogP contribution in [0.2, 0.25) is 0 Å². The van der Waals surface area contributed by atoms with E-state index in [1.807, 2.05) is 12.1 Å². The Balaban J connectivity index is 1.64. The maximum absolute atomic E-state index is 13.9. The van der Waals surface area contributed by atoms with Gasteiger partial charge >= 0.3 is 0 Å². The van der Waals surface area contributed by atoms with E-state index in [0.29, 0.717) is 11.6 Å². The number of benzene rings is 2. The molecule has 0 radical (unpaired) electrons. The first-order valence-corrected chi connectivity index (χ1v) is 11.1. The Labute approximate surface area is 170 Å². The van der Waals surface area contributed by atoms with Crippen LogP contribution < -0.4 is 0 Å². The first-order chi connectivity index (χ1) is 13.8. The van der Waals surface area contributed by atoms with E-state index in [4.69, 9.17) is 0 Å². The van der Waals surface area contributed by atoms with Crippen LogP contribution in [0, 0.1) is 11.6 Å². The number of carbonyl (C=O) groups excluding carboxylic acids is 1. The minimum Gasteiger partial charge on any atom is -0.336 e. The van der Waals surface area contributed by atoms with E-state index >= 15 is 0 Å². The lowest BCUT2D eigenvalue weighted by Gasteiger charge is -2.34. The number of hydrogen-bond acceptors (Lipinski definition) is 3. The fourth-order valence-corrected chi connectivity index (χ4v) is 4.80. The summed E-state index contributed by atoms with van der Waals surface area (Å²) in [6, 6.07) is 9.88.